The highest BCUT2D eigenvalue weighted by Gasteiger charge is 2.33. The van der Waals surface area contributed by atoms with E-state index in [1.165, 1.54) is 19.6 Å². The van der Waals surface area contributed by atoms with E-state index in [2.05, 4.69) is 37.9 Å². The number of hydrogen-bond donors (Lipinski definition) is 1. The van der Waals surface area contributed by atoms with Gasteiger partial charge in [-0.25, -0.2) is 0 Å². The Balaban J connectivity index is 1.89. The van der Waals surface area contributed by atoms with Gasteiger partial charge in [0.2, 0.25) is 0 Å². The molecule has 16 heavy (non-hydrogen) atoms. The summed E-state index contributed by atoms with van der Waals surface area (Å²) < 4.78 is 5.94. The Morgan fingerprint density at radius 3 is 2.62 bits per heavy atom. The Kier molecular flexibility index (Phi) is 3.57. The first kappa shape index (κ1) is 12.3. The molecule has 3 atom stereocenters. The van der Waals surface area contributed by atoms with Crippen LogP contribution in [0, 0.1) is 11.8 Å². The van der Waals surface area contributed by atoms with Crippen LogP contribution < -0.4 is 5.32 Å². The Labute approximate surface area is 99.5 Å². The quantitative estimate of drug-likeness (QED) is 0.769. The molecule has 0 amide bonds. The van der Waals surface area contributed by atoms with Gasteiger partial charge in [-0.2, -0.15) is 0 Å². The standard InChI is InChI=1S/C13H26N2O/c1-10-5-14-6-12(10)8-15-7-11(2)16-13(3,4)9-15/h10-12,14H,5-9H2,1-4H3/t10-,11?,12+/m1/s1. The third-order valence-electron chi connectivity index (χ3n) is 3.81. The van der Waals surface area contributed by atoms with E-state index in [9.17, 15) is 0 Å². The summed E-state index contributed by atoms with van der Waals surface area (Å²) in [6, 6.07) is 0. The molecule has 2 aliphatic rings. The van der Waals surface area contributed by atoms with Crippen molar-refractivity contribution in [3.63, 3.8) is 0 Å². The lowest BCUT2D eigenvalue weighted by molar-refractivity contribution is -0.131. The minimum absolute atomic E-state index is 0.0208. The number of morpholine rings is 1. The van der Waals surface area contributed by atoms with Crippen LogP contribution in [0.15, 0.2) is 0 Å². The molecular weight excluding hydrogens is 200 g/mol. The monoisotopic (exact) mass is 226 g/mol. The number of nitrogens with zero attached hydrogens (tertiary/aromatic N) is 1. The summed E-state index contributed by atoms with van der Waals surface area (Å²) in [6.07, 6.45) is 0.369. The van der Waals surface area contributed by atoms with Gasteiger partial charge in [-0.15, -0.1) is 0 Å². The second-order valence-electron chi connectivity index (χ2n) is 6.28. The molecule has 0 bridgehead atoms. The van der Waals surface area contributed by atoms with E-state index in [1.54, 1.807) is 0 Å². The average molecular weight is 226 g/mol. The molecule has 0 aliphatic carbocycles. The van der Waals surface area contributed by atoms with Crippen LogP contribution >= 0.6 is 0 Å². The van der Waals surface area contributed by atoms with Crippen LogP contribution in [-0.2, 0) is 4.74 Å². The lowest BCUT2D eigenvalue weighted by atomic mass is 9.96. The highest BCUT2D eigenvalue weighted by atomic mass is 16.5. The summed E-state index contributed by atoms with van der Waals surface area (Å²) in [6.45, 7) is 14.7. The summed E-state index contributed by atoms with van der Waals surface area (Å²) in [5.74, 6) is 1.64. The van der Waals surface area contributed by atoms with Crippen molar-refractivity contribution in [3.8, 4) is 0 Å². The summed E-state index contributed by atoms with van der Waals surface area (Å²) in [5, 5.41) is 3.49. The van der Waals surface area contributed by atoms with Crippen molar-refractivity contribution in [3.05, 3.63) is 0 Å². The Hall–Kier alpha value is -0.120. The van der Waals surface area contributed by atoms with Crippen LogP contribution in [0.5, 0.6) is 0 Å². The van der Waals surface area contributed by atoms with E-state index < -0.39 is 0 Å². The van der Waals surface area contributed by atoms with Crippen LogP contribution in [0.1, 0.15) is 27.7 Å². The maximum Gasteiger partial charge on any atom is 0.0757 e. The van der Waals surface area contributed by atoms with E-state index in [4.69, 9.17) is 4.74 Å². The van der Waals surface area contributed by atoms with Crippen molar-refractivity contribution in [2.75, 3.05) is 32.7 Å². The Bertz CT molecular complexity index is 242. The number of hydrogen-bond acceptors (Lipinski definition) is 3. The van der Waals surface area contributed by atoms with Crippen LogP contribution in [0.3, 0.4) is 0 Å². The molecular formula is C13H26N2O. The molecule has 2 saturated heterocycles. The van der Waals surface area contributed by atoms with Gasteiger partial charge in [0.05, 0.1) is 11.7 Å². The molecule has 3 heteroatoms. The third-order valence-corrected chi connectivity index (χ3v) is 3.81. The predicted octanol–water partition coefficient (Wildman–Crippen LogP) is 1.34. The Morgan fingerprint density at radius 2 is 2.06 bits per heavy atom. The van der Waals surface area contributed by atoms with Gasteiger partial charge in [0.25, 0.3) is 0 Å². The SMILES string of the molecule is CC1CN(C[C@@H]2CNC[C@H]2C)CC(C)(C)O1. The molecule has 1 unspecified atom stereocenters. The van der Waals surface area contributed by atoms with Gasteiger partial charge < -0.3 is 10.1 Å². The Morgan fingerprint density at radius 1 is 1.31 bits per heavy atom. The average Bonchev–Trinajstić information content (AvgIpc) is 2.48. The van der Waals surface area contributed by atoms with Gasteiger partial charge in [0.1, 0.15) is 0 Å². The third kappa shape index (κ3) is 2.96. The summed E-state index contributed by atoms with van der Waals surface area (Å²) in [5.41, 5.74) is 0.0208. The van der Waals surface area contributed by atoms with Gasteiger partial charge in [-0.3, -0.25) is 4.90 Å². The summed E-state index contributed by atoms with van der Waals surface area (Å²) in [4.78, 5) is 2.59. The second kappa shape index (κ2) is 4.63. The molecule has 0 aromatic carbocycles. The molecule has 1 N–H and O–H groups in total. The lowest BCUT2D eigenvalue weighted by Gasteiger charge is -2.42. The first-order valence-electron chi connectivity index (χ1n) is 6.57. The van der Waals surface area contributed by atoms with Gasteiger partial charge in [0.15, 0.2) is 0 Å². The summed E-state index contributed by atoms with van der Waals surface area (Å²) >= 11 is 0. The van der Waals surface area contributed by atoms with Crippen molar-refractivity contribution in [2.45, 2.75) is 39.4 Å². The van der Waals surface area contributed by atoms with Crippen LogP contribution in [0.4, 0.5) is 0 Å². The van der Waals surface area contributed by atoms with Crippen molar-refractivity contribution in [1.82, 2.24) is 10.2 Å². The second-order valence-corrected chi connectivity index (χ2v) is 6.28. The smallest absolute Gasteiger partial charge is 0.0757 e. The summed E-state index contributed by atoms with van der Waals surface area (Å²) in [7, 11) is 0. The molecule has 3 nitrogen and oxygen atoms in total. The van der Waals surface area contributed by atoms with Crippen LogP contribution in [-0.4, -0.2) is 49.3 Å². The molecule has 0 radical (unpaired) electrons. The fourth-order valence-corrected chi connectivity index (χ4v) is 3.17. The zero-order valence-electron chi connectivity index (χ0n) is 11.1. The molecule has 2 fully saturated rings. The lowest BCUT2D eigenvalue weighted by Crippen LogP contribution is -2.53. The fourth-order valence-electron chi connectivity index (χ4n) is 3.17. The van der Waals surface area contributed by atoms with Gasteiger partial charge >= 0.3 is 0 Å². The number of ether oxygens (including phenoxy) is 1. The van der Waals surface area contributed by atoms with E-state index in [1.807, 2.05) is 0 Å². The molecule has 2 aliphatic heterocycles. The maximum atomic E-state index is 5.94. The van der Waals surface area contributed by atoms with Gasteiger partial charge in [-0.1, -0.05) is 6.92 Å². The topological polar surface area (TPSA) is 24.5 Å². The van der Waals surface area contributed by atoms with Crippen molar-refractivity contribution < 1.29 is 4.74 Å². The molecule has 94 valence electrons. The molecule has 2 rings (SSSR count). The first-order valence-corrected chi connectivity index (χ1v) is 6.57. The van der Waals surface area contributed by atoms with E-state index >= 15 is 0 Å². The number of nitrogens with one attached hydrogen (secondary N) is 1. The van der Waals surface area contributed by atoms with Crippen LogP contribution in [0.25, 0.3) is 0 Å². The van der Waals surface area contributed by atoms with Gasteiger partial charge in [0, 0.05) is 19.6 Å². The van der Waals surface area contributed by atoms with E-state index in [0.29, 0.717) is 6.10 Å². The normalized spacial score (nSPS) is 40.1. The molecule has 2 heterocycles. The van der Waals surface area contributed by atoms with Gasteiger partial charge in [-0.05, 0) is 45.7 Å². The van der Waals surface area contributed by atoms with Crippen molar-refractivity contribution in [2.24, 2.45) is 11.8 Å². The highest BCUT2D eigenvalue weighted by Crippen LogP contribution is 2.24. The molecule has 0 aromatic rings. The molecule has 0 saturated carbocycles. The first-order chi connectivity index (χ1) is 7.46. The number of rotatable bonds is 2. The van der Waals surface area contributed by atoms with Crippen molar-refractivity contribution in [1.29, 1.82) is 0 Å². The van der Waals surface area contributed by atoms with Crippen molar-refractivity contribution >= 4 is 0 Å². The zero-order valence-corrected chi connectivity index (χ0v) is 11.1. The van der Waals surface area contributed by atoms with Crippen LogP contribution in [0.2, 0.25) is 0 Å². The molecule has 0 aromatic heterocycles. The molecule has 0 spiro atoms. The zero-order chi connectivity index (χ0) is 11.8. The minimum atomic E-state index is 0.0208. The van der Waals surface area contributed by atoms with E-state index in [0.717, 1.165) is 24.9 Å². The maximum absolute atomic E-state index is 5.94. The van der Waals surface area contributed by atoms with E-state index in [-0.39, 0.29) is 5.60 Å². The highest BCUT2D eigenvalue weighted by molar-refractivity contribution is 4.87. The fraction of sp³-hybridized carbons (Fsp3) is 1.00. The largest absolute Gasteiger partial charge is 0.370 e. The minimum Gasteiger partial charge on any atom is -0.370 e. The predicted molar refractivity (Wildman–Crippen MR) is 66.6 cm³/mol.